The summed E-state index contributed by atoms with van der Waals surface area (Å²) in [6, 6.07) is -2.67. The van der Waals surface area contributed by atoms with E-state index in [0.717, 1.165) is 6.07 Å². The summed E-state index contributed by atoms with van der Waals surface area (Å²) in [5.41, 5.74) is -0.746. The standard InChI is InChI=1S/C21H19F5N6O3/c1-9-5-27-15(33)8-32(9)19-28-6-12(7-29-19)30-20(34)31-18(21(24,25)26)16-10(2)13-3-11(22)4-14(23)17(13)35-16/h3-4,6-7,9,18H,5,8H2,1-2H3,(H,27,33)(H2,30,31,34)/t9-,18-/m1/s1. The number of furan rings is 1. The lowest BCUT2D eigenvalue weighted by Gasteiger charge is -2.33. The number of aromatic nitrogens is 2. The van der Waals surface area contributed by atoms with Crippen molar-refractivity contribution in [2.75, 3.05) is 23.3 Å². The van der Waals surface area contributed by atoms with E-state index in [-0.39, 0.29) is 41.1 Å². The topological polar surface area (TPSA) is 112 Å². The highest BCUT2D eigenvalue weighted by Gasteiger charge is 2.45. The largest absolute Gasteiger partial charge is 0.455 e. The average molecular weight is 498 g/mol. The van der Waals surface area contributed by atoms with Gasteiger partial charge < -0.3 is 25.3 Å². The molecule has 3 N–H and O–H groups in total. The first-order chi connectivity index (χ1) is 16.4. The number of piperazine rings is 1. The molecule has 1 saturated heterocycles. The molecule has 14 heteroatoms. The summed E-state index contributed by atoms with van der Waals surface area (Å²) < 4.78 is 74.0. The molecule has 3 aromatic rings. The van der Waals surface area contributed by atoms with Gasteiger partial charge in [-0.15, -0.1) is 0 Å². The molecule has 9 nitrogen and oxygen atoms in total. The van der Waals surface area contributed by atoms with Crippen LogP contribution in [0.15, 0.2) is 28.9 Å². The van der Waals surface area contributed by atoms with Crippen molar-refractivity contribution in [2.24, 2.45) is 0 Å². The van der Waals surface area contributed by atoms with E-state index in [9.17, 15) is 31.5 Å². The summed E-state index contributed by atoms with van der Waals surface area (Å²) in [4.78, 5) is 33.7. The van der Waals surface area contributed by atoms with Gasteiger partial charge in [0.15, 0.2) is 17.4 Å². The van der Waals surface area contributed by atoms with E-state index < -0.39 is 41.2 Å². The van der Waals surface area contributed by atoms with E-state index in [0.29, 0.717) is 12.6 Å². The molecule has 1 aliphatic rings. The van der Waals surface area contributed by atoms with Crippen LogP contribution in [-0.2, 0) is 4.79 Å². The molecular weight excluding hydrogens is 479 g/mol. The first-order valence-corrected chi connectivity index (χ1v) is 10.3. The van der Waals surface area contributed by atoms with Gasteiger partial charge in [0.2, 0.25) is 11.9 Å². The summed E-state index contributed by atoms with van der Waals surface area (Å²) >= 11 is 0. The first kappa shape index (κ1) is 24.2. The molecular formula is C21H19F5N6O3. The molecule has 0 spiro atoms. The second kappa shape index (κ2) is 9.00. The molecule has 1 fully saturated rings. The Labute approximate surface area is 194 Å². The normalized spacial score (nSPS) is 17.3. The molecule has 35 heavy (non-hydrogen) atoms. The van der Waals surface area contributed by atoms with Crippen molar-refractivity contribution < 1.29 is 36.0 Å². The lowest BCUT2D eigenvalue weighted by atomic mass is 10.1. The van der Waals surface area contributed by atoms with Crippen LogP contribution in [0.2, 0.25) is 0 Å². The maximum absolute atomic E-state index is 14.0. The number of benzene rings is 1. The number of hydrogen-bond donors (Lipinski definition) is 3. The van der Waals surface area contributed by atoms with Gasteiger partial charge in [-0.1, -0.05) is 0 Å². The number of rotatable bonds is 4. The molecule has 3 heterocycles. The Bertz CT molecular complexity index is 1280. The molecule has 4 rings (SSSR count). The second-order valence-electron chi connectivity index (χ2n) is 7.98. The molecule has 0 aliphatic carbocycles. The van der Waals surface area contributed by atoms with Crippen molar-refractivity contribution in [1.82, 2.24) is 20.6 Å². The van der Waals surface area contributed by atoms with Crippen molar-refractivity contribution in [2.45, 2.75) is 32.1 Å². The molecule has 186 valence electrons. The van der Waals surface area contributed by atoms with E-state index in [1.165, 1.54) is 19.3 Å². The van der Waals surface area contributed by atoms with Crippen LogP contribution < -0.4 is 20.9 Å². The minimum atomic E-state index is -5.02. The zero-order valence-electron chi connectivity index (χ0n) is 18.3. The van der Waals surface area contributed by atoms with E-state index >= 15 is 0 Å². The van der Waals surface area contributed by atoms with E-state index in [4.69, 9.17) is 4.42 Å². The Morgan fingerprint density at radius 1 is 1.26 bits per heavy atom. The van der Waals surface area contributed by atoms with Crippen LogP contribution in [0.25, 0.3) is 11.0 Å². The lowest BCUT2D eigenvalue weighted by molar-refractivity contribution is -0.158. The first-order valence-electron chi connectivity index (χ1n) is 10.3. The van der Waals surface area contributed by atoms with Crippen LogP contribution in [0.4, 0.5) is 38.4 Å². The molecule has 1 aliphatic heterocycles. The number of alkyl halides is 3. The van der Waals surface area contributed by atoms with Gasteiger partial charge in [0.05, 0.1) is 18.1 Å². The summed E-state index contributed by atoms with van der Waals surface area (Å²) in [5, 5.41) is 6.44. The van der Waals surface area contributed by atoms with Gasteiger partial charge in [-0.3, -0.25) is 4.79 Å². The highest BCUT2D eigenvalue weighted by atomic mass is 19.4. The summed E-state index contributed by atoms with van der Waals surface area (Å²) in [6.07, 6.45) is -2.67. The number of carbonyl (C=O) groups is 2. The molecule has 0 radical (unpaired) electrons. The maximum Gasteiger partial charge on any atom is 0.416 e. The minimum absolute atomic E-state index is 0.0178. The zero-order chi connectivity index (χ0) is 25.5. The SMILES string of the molecule is Cc1c([C@@H](NC(=O)Nc2cnc(N3CC(=O)NC[C@H]3C)nc2)C(F)(F)F)oc2c(F)cc(F)cc12. The molecule has 0 saturated carbocycles. The number of anilines is 2. The summed E-state index contributed by atoms with van der Waals surface area (Å²) in [7, 11) is 0. The van der Waals surface area contributed by atoms with Crippen molar-refractivity contribution in [3.05, 3.63) is 47.5 Å². The quantitative estimate of drug-likeness (QED) is 0.475. The highest BCUT2D eigenvalue weighted by Crippen LogP contribution is 2.39. The highest BCUT2D eigenvalue weighted by molar-refractivity contribution is 5.90. The number of amides is 3. The average Bonchev–Trinajstić information content (AvgIpc) is 3.10. The molecule has 1 aromatic carbocycles. The Balaban J connectivity index is 1.52. The molecule has 0 bridgehead atoms. The number of aryl methyl sites for hydroxylation is 1. The number of fused-ring (bicyclic) bond motifs is 1. The number of nitrogens with one attached hydrogen (secondary N) is 3. The fourth-order valence-corrected chi connectivity index (χ4v) is 3.67. The predicted molar refractivity (Wildman–Crippen MR) is 114 cm³/mol. The van der Waals surface area contributed by atoms with Crippen molar-refractivity contribution in [3.8, 4) is 0 Å². The van der Waals surface area contributed by atoms with E-state index in [1.807, 2.05) is 6.92 Å². The van der Waals surface area contributed by atoms with Crippen LogP contribution in [0.3, 0.4) is 0 Å². The summed E-state index contributed by atoms with van der Waals surface area (Å²) in [6.45, 7) is 3.47. The van der Waals surface area contributed by atoms with Crippen molar-refractivity contribution in [1.29, 1.82) is 0 Å². The monoisotopic (exact) mass is 498 g/mol. The van der Waals surface area contributed by atoms with E-state index in [1.54, 1.807) is 10.2 Å². The van der Waals surface area contributed by atoms with Crippen LogP contribution in [0.5, 0.6) is 0 Å². The van der Waals surface area contributed by atoms with Gasteiger partial charge in [-0.2, -0.15) is 13.2 Å². The minimum Gasteiger partial charge on any atom is -0.455 e. The Kier molecular flexibility index (Phi) is 6.21. The lowest BCUT2D eigenvalue weighted by Crippen LogP contribution is -2.53. The van der Waals surface area contributed by atoms with Gasteiger partial charge in [0.25, 0.3) is 0 Å². The number of carbonyl (C=O) groups excluding carboxylic acids is 2. The smallest absolute Gasteiger partial charge is 0.416 e. The molecule has 2 aromatic heterocycles. The van der Waals surface area contributed by atoms with Gasteiger partial charge in [-0.05, 0) is 19.9 Å². The third-order valence-corrected chi connectivity index (χ3v) is 5.45. The maximum atomic E-state index is 14.0. The molecule has 2 atom stereocenters. The van der Waals surface area contributed by atoms with Crippen LogP contribution in [-0.4, -0.2) is 47.2 Å². The third-order valence-electron chi connectivity index (χ3n) is 5.45. The second-order valence-corrected chi connectivity index (χ2v) is 7.98. The van der Waals surface area contributed by atoms with Gasteiger partial charge >= 0.3 is 12.2 Å². The van der Waals surface area contributed by atoms with Crippen LogP contribution >= 0.6 is 0 Å². The fraction of sp³-hybridized carbons (Fsp3) is 0.333. The van der Waals surface area contributed by atoms with Crippen molar-refractivity contribution >= 4 is 34.5 Å². The van der Waals surface area contributed by atoms with Gasteiger partial charge in [-0.25, -0.2) is 23.5 Å². The Morgan fingerprint density at radius 3 is 2.60 bits per heavy atom. The van der Waals surface area contributed by atoms with Gasteiger partial charge in [0.1, 0.15) is 18.1 Å². The van der Waals surface area contributed by atoms with Crippen LogP contribution in [0, 0.1) is 18.6 Å². The predicted octanol–water partition coefficient (Wildman–Crippen LogP) is 3.56. The summed E-state index contributed by atoms with van der Waals surface area (Å²) in [5.74, 6) is -2.94. The third kappa shape index (κ3) is 4.95. The van der Waals surface area contributed by atoms with Crippen molar-refractivity contribution in [3.63, 3.8) is 0 Å². The Hall–Kier alpha value is -3.97. The Morgan fingerprint density at radius 2 is 1.94 bits per heavy atom. The van der Waals surface area contributed by atoms with E-state index in [2.05, 4.69) is 20.6 Å². The molecule has 3 amide bonds. The number of urea groups is 1. The van der Waals surface area contributed by atoms with Gasteiger partial charge in [0, 0.05) is 29.6 Å². The fourth-order valence-electron chi connectivity index (χ4n) is 3.67. The zero-order valence-corrected chi connectivity index (χ0v) is 18.3. The number of nitrogens with zero attached hydrogens (tertiary/aromatic N) is 3. The number of hydrogen-bond acceptors (Lipinski definition) is 6. The molecule has 0 unspecified atom stereocenters. The van der Waals surface area contributed by atoms with Crippen LogP contribution in [0.1, 0.15) is 24.3 Å². The number of halogens is 5.